The SMILES string of the molecule is Cc1c(C#N)c(NC(=O)CN(CCC#N)Cc2ccco2)n(Cc2ccco2)c1C. The lowest BCUT2D eigenvalue weighted by Crippen LogP contribution is -2.34. The molecule has 0 atom stereocenters. The second kappa shape index (κ2) is 9.64. The summed E-state index contributed by atoms with van der Waals surface area (Å²) < 4.78 is 12.7. The zero-order chi connectivity index (χ0) is 21.5. The van der Waals surface area contributed by atoms with Gasteiger partial charge in [0, 0.05) is 18.7 Å². The van der Waals surface area contributed by atoms with Gasteiger partial charge in [0.2, 0.25) is 5.91 Å². The number of carbonyl (C=O) groups excluding carboxylic acids is 1. The highest BCUT2D eigenvalue weighted by Crippen LogP contribution is 2.27. The van der Waals surface area contributed by atoms with Gasteiger partial charge < -0.3 is 18.7 Å². The van der Waals surface area contributed by atoms with Crippen molar-refractivity contribution in [2.24, 2.45) is 0 Å². The fourth-order valence-corrected chi connectivity index (χ4v) is 3.31. The van der Waals surface area contributed by atoms with E-state index in [9.17, 15) is 10.1 Å². The van der Waals surface area contributed by atoms with E-state index in [2.05, 4.69) is 17.5 Å². The Morgan fingerprint density at radius 2 is 1.87 bits per heavy atom. The molecule has 0 radical (unpaired) electrons. The molecule has 1 N–H and O–H groups in total. The molecular formula is C22H23N5O3. The number of carbonyl (C=O) groups is 1. The molecular weight excluding hydrogens is 382 g/mol. The Balaban J connectivity index is 1.79. The predicted octanol–water partition coefficient (Wildman–Crippen LogP) is 3.57. The van der Waals surface area contributed by atoms with Crippen molar-refractivity contribution in [3.05, 3.63) is 65.1 Å². The van der Waals surface area contributed by atoms with E-state index < -0.39 is 0 Å². The number of rotatable bonds is 9. The van der Waals surface area contributed by atoms with Crippen molar-refractivity contribution in [1.29, 1.82) is 10.5 Å². The second-order valence-electron chi connectivity index (χ2n) is 6.96. The Hall–Kier alpha value is -3.75. The van der Waals surface area contributed by atoms with Crippen molar-refractivity contribution in [1.82, 2.24) is 9.47 Å². The van der Waals surface area contributed by atoms with Crippen molar-refractivity contribution in [3.8, 4) is 12.1 Å². The highest BCUT2D eigenvalue weighted by molar-refractivity contribution is 5.93. The monoisotopic (exact) mass is 405 g/mol. The Kier molecular flexibility index (Phi) is 6.74. The first-order valence-electron chi connectivity index (χ1n) is 9.57. The van der Waals surface area contributed by atoms with Crippen LogP contribution in [0.25, 0.3) is 0 Å². The number of furan rings is 2. The van der Waals surface area contributed by atoms with E-state index in [1.54, 1.807) is 24.7 Å². The molecule has 0 fully saturated rings. The highest BCUT2D eigenvalue weighted by atomic mass is 16.3. The molecule has 0 saturated heterocycles. The first-order chi connectivity index (χ1) is 14.5. The van der Waals surface area contributed by atoms with E-state index in [-0.39, 0.29) is 12.5 Å². The van der Waals surface area contributed by atoms with Crippen LogP contribution in [0.1, 0.15) is 34.8 Å². The van der Waals surface area contributed by atoms with Crippen LogP contribution in [0.15, 0.2) is 45.6 Å². The zero-order valence-corrected chi connectivity index (χ0v) is 17.0. The topological polar surface area (TPSA) is 111 Å². The molecule has 0 aliphatic heterocycles. The van der Waals surface area contributed by atoms with Crippen LogP contribution in [0, 0.1) is 36.5 Å². The van der Waals surface area contributed by atoms with E-state index in [1.165, 1.54) is 0 Å². The minimum absolute atomic E-state index is 0.0667. The van der Waals surface area contributed by atoms with Crippen molar-refractivity contribution in [2.75, 3.05) is 18.4 Å². The lowest BCUT2D eigenvalue weighted by atomic mass is 10.2. The van der Waals surface area contributed by atoms with Crippen LogP contribution < -0.4 is 5.32 Å². The first-order valence-corrected chi connectivity index (χ1v) is 9.57. The molecule has 3 heterocycles. The van der Waals surface area contributed by atoms with Gasteiger partial charge in [-0.1, -0.05) is 0 Å². The van der Waals surface area contributed by atoms with Gasteiger partial charge in [-0.05, 0) is 43.7 Å². The van der Waals surface area contributed by atoms with Crippen molar-refractivity contribution in [2.45, 2.75) is 33.4 Å². The number of nitrogens with zero attached hydrogens (tertiary/aromatic N) is 4. The molecule has 0 unspecified atom stereocenters. The minimum Gasteiger partial charge on any atom is -0.468 e. The average molecular weight is 405 g/mol. The van der Waals surface area contributed by atoms with Crippen LogP contribution in [0.4, 0.5) is 5.82 Å². The Labute approximate surface area is 174 Å². The largest absolute Gasteiger partial charge is 0.468 e. The molecule has 0 saturated carbocycles. The quantitative estimate of drug-likeness (QED) is 0.583. The second-order valence-corrected chi connectivity index (χ2v) is 6.96. The zero-order valence-electron chi connectivity index (χ0n) is 17.0. The maximum Gasteiger partial charge on any atom is 0.239 e. The third-order valence-corrected chi connectivity index (χ3v) is 4.96. The van der Waals surface area contributed by atoms with Crippen LogP contribution in [0.2, 0.25) is 0 Å². The van der Waals surface area contributed by atoms with E-state index >= 15 is 0 Å². The number of anilines is 1. The summed E-state index contributed by atoms with van der Waals surface area (Å²) >= 11 is 0. The summed E-state index contributed by atoms with van der Waals surface area (Å²) in [5, 5.41) is 21.5. The van der Waals surface area contributed by atoms with Crippen LogP contribution in [-0.4, -0.2) is 28.5 Å². The Morgan fingerprint density at radius 3 is 2.47 bits per heavy atom. The molecule has 3 aromatic heterocycles. The van der Waals surface area contributed by atoms with E-state index in [0.29, 0.717) is 43.2 Å². The lowest BCUT2D eigenvalue weighted by molar-refractivity contribution is -0.117. The number of nitriles is 2. The van der Waals surface area contributed by atoms with Crippen LogP contribution in [0.3, 0.4) is 0 Å². The van der Waals surface area contributed by atoms with E-state index in [0.717, 1.165) is 17.0 Å². The Morgan fingerprint density at radius 1 is 1.17 bits per heavy atom. The van der Waals surface area contributed by atoms with Gasteiger partial charge in [-0.25, -0.2) is 0 Å². The molecule has 154 valence electrons. The van der Waals surface area contributed by atoms with Crippen LogP contribution >= 0.6 is 0 Å². The summed E-state index contributed by atoms with van der Waals surface area (Å²) in [5.41, 5.74) is 2.13. The molecule has 1 amide bonds. The fraction of sp³-hybridized carbons (Fsp3) is 0.318. The number of hydrogen-bond acceptors (Lipinski definition) is 6. The van der Waals surface area contributed by atoms with Gasteiger partial charge >= 0.3 is 0 Å². The van der Waals surface area contributed by atoms with E-state index in [4.69, 9.17) is 14.1 Å². The number of nitrogens with one attached hydrogen (secondary N) is 1. The molecule has 30 heavy (non-hydrogen) atoms. The number of amides is 1. The summed E-state index contributed by atoms with van der Waals surface area (Å²) in [5.74, 6) is 1.62. The van der Waals surface area contributed by atoms with Gasteiger partial charge in [0.05, 0.1) is 43.8 Å². The maximum absolute atomic E-state index is 12.8. The molecule has 3 aromatic rings. The third kappa shape index (κ3) is 4.80. The van der Waals surface area contributed by atoms with Gasteiger partial charge in [0.25, 0.3) is 0 Å². The fourth-order valence-electron chi connectivity index (χ4n) is 3.31. The molecule has 3 rings (SSSR count). The molecule has 0 aromatic carbocycles. The van der Waals surface area contributed by atoms with Gasteiger partial charge in [-0.15, -0.1) is 0 Å². The van der Waals surface area contributed by atoms with Gasteiger partial charge in [-0.2, -0.15) is 10.5 Å². The molecule has 0 spiro atoms. The van der Waals surface area contributed by atoms with Gasteiger partial charge in [0.15, 0.2) is 0 Å². The molecule has 0 bridgehead atoms. The molecule has 8 nitrogen and oxygen atoms in total. The predicted molar refractivity (Wildman–Crippen MR) is 109 cm³/mol. The van der Waals surface area contributed by atoms with Gasteiger partial charge in [0.1, 0.15) is 23.4 Å². The third-order valence-electron chi connectivity index (χ3n) is 4.96. The average Bonchev–Trinajstić information content (AvgIpc) is 3.46. The van der Waals surface area contributed by atoms with Crippen molar-refractivity contribution >= 4 is 11.7 Å². The normalized spacial score (nSPS) is 10.7. The summed E-state index contributed by atoms with van der Waals surface area (Å²) in [6.45, 7) is 5.09. The van der Waals surface area contributed by atoms with E-state index in [1.807, 2.05) is 35.4 Å². The number of aromatic nitrogens is 1. The standard InChI is InChI=1S/C22H23N5O3/c1-16-17(2)27(14-19-7-4-11-30-19)22(20(16)12-24)25-21(28)15-26(9-5-8-23)13-18-6-3-10-29-18/h3-4,6-7,10-11H,5,9,13-15H2,1-2H3,(H,25,28). The van der Waals surface area contributed by atoms with Crippen molar-refractivity contribution < 1.29 is 13.6 Å². The van der Waals surface area contributed by atoms with Crippen LogP contribution in [-0.2, 0) is 17.9 Å². The Bertz CT molecular complexity index is 1070. The molecule has 8 heteroatoms. The van der Waals surface area contributed by atoms with Crippen LogP contribution in [0.5, 0.6) is 0 Å². The number of hydrogen-bond donors (Lipinski definition) is 1. The van der Waals surface area contributed by atoms with Gasteiger partial charge in [-0.3, -0.25) is 9.69 Å². The summed E-state index contributed by atoms with van der Waals surface area (Å²) in [6.07, 6.45) is 3.46. The minimum atomic E-state index is -0.269. The highest BCUT2D eigenvalue weighted by Gasteiger charge is 2.21. The maximum atomic E-state index is 12.8. The summed E-state index contributed by atoms with van der Waals surface area (Å²) in [6, 6.07) is 11.6. The van der Waals surface area contributed by atoms with Crippen molar-refractivity contribution in [3.63, 3.8) is 0 Å². The summed E-state index contributed by atoms with van der Waals surface area (Å²) in [4.78, 5) is 14.7. The lowest BCUT2D eigenvalue weighted by Gasteiger charge is -2.20. The molecule has 0 aliphatic carbocycles. The summed E-state index contributed by atoms with van der Waals surface area (Å²) in [7, 11) is 0. The smallest absolute Gasteiger partial charge is 0.239 e. The first kappa shape index (κ1) is 21.0. The molecule has 0 aliphatic rings.